The molecule has 0 bridgehead atoms. The van der Waals surface area contributed by atoms with Gasteiger partial charge in [0.2, 0.25) is 10.0 Å². The fraction of sp³-hybridized carbons (Fsp3) is 0.647. The first-order valence-corrected chi connectivity index (χ1v) is 9.84. The minimum absolute atomic E-state index is 0. The van der Waals surface area contributed by atoms with E-state index < -0.39 is 10.0 Å². The van der Waals surface area contributed by atoms with Crippen LogP contribution in [0, 0.1) is 5.92 Å². The molecule has 1 N–H and O–H groups in total. The number of hydrogen-bond donors (Lipinski definition) is 1. The van der Waals surface area contributed by atoms with E-state index >= 15 is 0 Å². The molecule has 1 heterocycles. The van der Waals surface area contributed by atoms with Gasteiger partial charge in [-0.1, -0.05) is 20.8 Å². The van der Waals surface area contributed by atoms with Gasteiger partial charge in [-0.3, -0.25) is 0 Å². The molecule has 7 heteroatoms. The number of hydrogen-bond acceptors (Lipinski definition) is 4. The van der Waals surface area contributed by atoms with Crippen LogP contribution in [-0.4, -0.2) is 45.0 Å². The monoisotopic (exact) mass is 376 g/mol. The van der Waals surface area contributed by atoms with Crippen LogP contribution < -0.4 is 10.1 Å². The van der Waals surface area contributed by atoms with Crippen molar-refractivity contribution in [3.05, 3.63) is 24.3 Å². The lowest BCUT2D eigenvalue weighted by molar-refractivity contribution is 0.271. The molecule has 138 valence electrons. The molecule has 1 fully saturated rings. The summed E-state index contributed by atoms with van der Waals surface area (Å²) in [5, 5.41) is 3.25. The van der Waals surface area contributed by atoms with Crippen LogP contribution in [0.3, 0.4) is 0 Å². The van der Waals surface area contributed by atoms with Crippen LogP contribution in [0.5, 0.6) is 5.75 Å². The minimum Gasteiger partial charge on any atom is -0.493 e. The van der Waals surface area contributed by atoms with E-state index in [0.29, 0.717) is 29.7 Å². The van der Waals surface area contributed by atoms with Crippen molar-refractivity contribution in [3.63, 3.8) is 0 Å². The molecule has 1 aromatic rings. The summed E-state index contributed by atoms with van der Waals surface area (Å²) in [6.45, 7) is 8.96. The van der Waals surface area contributed by atoms with Crippen LogP contribution in [0.2, 0.25) is 0 Å². The number of rotatable bonds is 8. The second kappa shape index (κ2) is 9.61. The zero-order chi connectivity index (χ0) is 16.9. The third-order valence-corrected chi connectivity index (χ3v) is 5.87. The Labute approximate surface area is 152 Å². The first-order chi connectivity index (χ1) is 10.9. The summed E-state index contributed by atoms with van der Waals surface area (Å²) in [7, 11) is -3.46. The molecule has 5 nitrogen and oxygen atoms in total. The maximum atomic E-state index is 12.9. The quantitative estimate of drug-likeness (QED) is 0.757. The Morgan fingerprint density at radius 3 is 2.46 bits per heavy atom. The van der Waals surface area contributed by atoms with Crippen molar-refractivity contribution in [2.45, 2.75) is 44.6 Å². The second-order valence-electron chi connectivity index (χ2n) is 6.44. The first-order valence-electron chi connectivity index (χ1n) is 8.40. The Morgan fingerprint density at radius 2 is 1.96 bits per heavy atom. The molecule has 0 saturated carbocycles. The number of nitrogens with one attached hydrogen (secondary N) is 1. The Hall–Kier alpha value is -0.820. The van der Waals surface area contributed by atoms with Crippen molar-refractivity contribution in [2.24, 2.45) is 5.92 Å². The Kier molecular flexibility index (Phi) is 8.50. The lowest BCUT2D eigenvalue weighted by Gasteiger charge is -2.27. The Morgan fingerprint density at radius 1 is 1.29 bits per heavy atom. The van der Waals surface area contributed by atoms with Crippen LogP contribution in [0.4, 0.5) is 0 Å². The summed E-state index contributed by atoms with van der Waals surface area (Å²) in [5.41, 5.74) is 0. The fourth-order valence-electron chi connectivity index (χ4n) is 2.71. The van der Waals surface area contributed by atoms with Gasteiger partial charge in [-0.05, 0) is 49.6 Å². The molecule has 1 atom stereocenters. The van der Waals surface area contributed by atoms with E-state index in [1.165, 1.54) is 0 Å². The van der Waals surface area contributed by atoms with E-state index in [-0.39, 0.29) is 18.4 Å². The third kappa shape index (κ3) is 5.34. The van der Waals surface area contributed by atoms with Crippen molar-refractivity contribution in [3.8, 4) is 5.75 Å². The van der Waals surface area contributed by atoms with Gasteiger partial charge in [0.05, 0.1) is 11.5 Å². The number of halogens is 1. The van der Waals surface area contributed by atoms with Gasteiger partial charge in [0.1, 0.15) is 5.75 Å². The van der Waals surface area contributed by atoms with Crippen LogP contribution >= 0.6 is 12.4 Å². The highest BCUT2D eigenvalue weighted by atomic mass is 35.5. The van der Waals surface area contributed by atoms with Gasteiger partial charge in [-0.2, -0.15) is 4.31 Å². The highest BCUT2D eigenvalue weighted by Gasteiger charge is 2.32. The second-order valence-corrected chi connectivity index (χ2v) is 8.33. The predicted molar refractivity (Wildman–Crippen MR) is 99.5 cm³/mol. The lowest BCUT2D eigenvalue weighted by atomic mass is 10.2. The standard InChI is InChI=1S/C17H28N2O3S.ClH/c1-4-11-19(15-9-10-18-12-15)23(20,21)17-7-5-16(6-8-17)22-13-14(2)3;/h5-8,14-15,18H,4,9-13H2,1-3H3;1H. The van der Waals surface area contributed by atoms with E-state index in [1.807, 2.05) is 6.92 Å². The summed E-state index contributed by atoms with van der Waals surface area (Å²) < 4.78 is 33.2. The summed E-state index contributed by atoms with van der Waals surface area (Å²) in [6, 6.07) is 6.83. The SMILES string of the molecule is CCCN(C1CCNC1)S(=O)(=O)c1ccc(OCC(C)C)cc1.Cl. The highest BCUT2D eigenvalue weighted by Crippen LogP contribution is 2.23. The lowest BCUT2D eigenvalue weighted by Crippen LogP contribution is -2.41. The maximum absolute atomic E-state index is 12.9. The van der Waals surface area contributed by atoms with Gasteiger partial charge >= 0.3 is 0 Å². The largest absolute Gasteiger partial charge is 0.493 e. The van der Waals surface area contributed by atoms with Gasteiger partial charge in [0.25, 0.3) is 0 Å². The molecule has 1 aliphatic rings. The van der Waals surface area contributed by atoms with Gasteiger partial charge in [0, 0.05) is 19.1 Å². The number of ether oxygens (including phenoxy) is 1. The van der Waals surface area contributed by atoms with E-state index in [4.69, 9.17) is 4.74 Å². The highest BCUT2D eigenvalue weighted by molar-refractivity contribution is 7.89. The number of benzene rings is 1. The van der Waals surface area contributed by atoms with Crippen LogP contribution in [-0.2, 0) is 10.0 Å². The number of nitrogens with zero attached hydrogens (tertiary/aromatic N) is 1. The molecule has 0 aliphatic carbocycles. The minimum atomic E-state index is -3.46. The average Bonchev–Trinajstić information content (AvgIpc) is 3.04. The summed E-state index contributed by atoms with van der Waals surface area (Å²) >= 11 is 0. The molecule has 0 amide bonds. The van der Waals surface area contributed by atoms with Gasteiger partial charge in [0.15, 0.2) is 0 Å². The molecule has 1 unspecified atom stereocenters. The Bertz CT molecular complexity index is 584. The normalized spacial score (nSPS) is 18.0. The van der Waals surface area contributed by atoms with Crippen molar-refractivity contribution < 1.29 is 13.2 Å². The van der Waals surface area contributed by atoms with Crippen LogP contribution in [0.1, 0.15) is 33.6 Å². The molecule has 0 spiro atoms. The van der Waals surface area contributed by atoms with Gasteiger partial charge in [-0.15, -0.1) is 12.4 Å². The summed E-state index contributed by atoms with van der Waals surface area (Å²) in [4.78, 5) is 0.342. The fourth-order valence-corrected chi connectivity index (χ4v) is 4.46. The summed E-state index contributed by atoms with van der Waals surface area (Å²) in [5.74, 6) is 1.15. The molecular weight excluding hydrogens is 348 g/mol. The topological polar surface area (TPSA) is 58.6 Å². The molecule has 0 aromatic heterocycles. The van der Waals surface area contributed by atoms with E-state index in [0.717, 1.165) is 25.9 Å². The number of sulfonamides is 1. The first kappa shape index (κ1) is 21.2. The molecule has 1 aliphatic heterocycles. The summed E-state index contributed by atoms with van der Waals surface area (Å²) in [6.07, 6.45) is 1.68. The van der Waals surface area contributed by atoms with Crippen molar-refractivity contribution in [2.75, 3.05) is 26.2 Å². The molecule has 1 saturated heterocycles. The third-order valence-electron chi connectivity index (χ3n) is 3.90. The van der Waals surface area contributed by atoms with Crippen molar-refractivity contribution >= 4 is 22.4 Å². The molecule has 0 radical (unpaired) electrons. The smallest absolute Gasteiger partial charge is 0.243 e. The van der Waals surface area contributed by atoms with E-state index in [1.54, 1.807) is 28.6 Å². The van der Waals surface area contributed by atoms with Crippen LogP contribution in [0.15, 0.2) is 29.2 Å². The molecule has 1 aromatic carbocycles. The van der Waals surface area contributed by atoms with Crippen LogP contribution in [0.25, 0.3) is 0 Å². The van der Waals surface area contributed by atoms with E-state index in [9.17, 15) is 8.42 Å². The zero-order valence-corrected chi connectivity index (χ0v) is 16.3. The van der Waals surface area contributed by atoms with Gasteiger partial charge < -0.3 is 10.1 Å². The van der Waals surface area contributed by atoms with E-state index in [2.05, 4.69) is 19.2 Å². The average molecular weight is 377 g/mol. The molecular formula is C17H29ClN2O3S. The zero-order valence-electron chi connectivity index (χ0n) is 14.7. The molecule has 24 heavy (non-hydrogen) atoms. The van der Waals surface area contributed by atoms with Crippen molar-refractivity contribution in [1.82, 2.24) is 9.62 Å². The van der Waals surface area contributed by atoms with Crippen molar-refractivity contribution in [1.29, 1.82) is 0 Å². The molecule has 2 rings (SSSR count). The Balaban J connectivity index is 0.00000288. The predicted octanol–water partition coefficient (Wildman–Crippen LogP) is 2.91. The van der Waals surface area contributed by atoms with Gasteiger partial charge in [-0.25, -0.2) is 8.42 Å². The maximum Gasteiger partial charge on any atom is 0.243 e.